The highest BCUT2D eigenvalue weighted by Crippen LogP contribution is 2.13. The van der Waals surface area contributed by atoms with Gasteiger partial charge in [0.1, 0.15) is 6.61 Å². The Morgan fingerprint density at radius 3 is 2.87 bits per heavy atom. The molecule has 1 heterocycles. The van der Waals surface area contributed by atoms with E-state index in [0.29, 0.717) is 6.61 Å². The number of nitriles is 1. The molecule has 1 atom stereocenters. The highest BCUT2D eigenvalue weighted by molar-refractivity contribution is 4.66. The number of hydrogen-bond acceptors (Lipinski definition) is 4. The van der Waals surface area contributed by atoms with Crippen molar-refractivity contribution in [3.05, 3.63) is 0 Å². The van der Waals surface area contributed by atoms with Gasteiger partial charge in [-0.15, -0.1) is 0 Å². The van der Waals surface area contributed by atoms with Crippen LogP contribution >= 0.6 is 0 Å². The average molecular weight is 213 g/mol. The quantitative estimate of drug-likeness (QED) is 0.577. The van der Waals surface area contributed by atoms with Gasteiger partial charge in [0.2, 0.25) is 0 Å². The molecule has 0 saturated carbocycles. The Morgan fingerprint density at radius 2 is 2.13 bits per heavy atom. The lowest BCUT2D eigenvalue weighted by atomic mass is 10.2. The Kier molecular flexibility index (Phi) is 7.18. The Labute approximate surface area is 91.1 Å². The molecule has 1 aliphatic rings. The van der Waals surface area contributed by atoms with Crippen LogP contribution in [0.1, 0.15) is 32.1 Å². The minimum absolute atomic E-state index is 0.0415. The first kappa shape index (κ1) is 12.4. The van der Waals surface area contributed by atoms with Crippen LogP contribution in [0.5, 0.6) is 0 Å². The van der Waals surface area contributed by atoms with Gasteiger partial charge in [-0.1, -0.05) is 0 Å². The number of ether oxygens (including phenoxy) is 3. The summed E-state index contributed by atoms with van der Waals surface area (Å²) in [7, 11) is 0. The lowest BCUT2D eigenvalue weighted by Crippen LogP contribution is -2.11. The summed E-state index contributed by atoms with van der Waals surface area (Å²) in [4.78, 5) is 0. The highest BCUT2D eigenvalue weighted by atomic mass is 16.7. The van der Waals surface area contributed by atoms with Crippen LogP contribution in [-0.2, 0) is 14.2 Å². The molecule has 4 heteroatoms. The van der Waals surface area contributed by atoms with Crippen molar-refractivity contribution in [2.24, 2.45) is 0 Å². The lowest BCUT2D eigenvalue weighted by molar-refractivity contribution is -0.111. The molecule has 1 saturated heterocycles. The summed E-state index contributed by atoms with van der Waals surface area (Å²) in [5.41, 5.74) is 0. The zero-order chi connectivity index (χ0) is 10.8. The SMILES string of the molecule is N#CCOCCCCCOC1CCCO1. The van der Waals surface area contributed by atoms with Crippen LogP contribution in [0.2, 0.25) is 0 Å². The van der Waals surface area contributed by atoms with Gasteiger partial charge in [-0.05, 0) is 25.7 Å². The van der Waals surface area contributed by atoms with Crippen molar-refractivity contribution in [2.45, 2.75) is 38.4 Å². The molecule has 4 nitrogen and oxygen atoms in total. The second-order valence-electron chi connectivity index (χ2n) is 3.58. The Balaban J connectivity index is 1.75. The summed E-state index contributed by atoms with van der Waals surface area (Å²) in [5.74, 6) is 0. The third-order valence-corrected chi connectivity index (χ3v) is 2.29. The number of unbranched alkanes of at least 4 members (excludes halogenated alkanes) is 2. The zero-order valence-corrected chi connectivity index (χ0v) is 9.11. The first-order valence-electron chi connectivity index (χ1n) is 5.61. The van der Waals surface area contributed by atoms with Crippen LogP contribution in [-0.4, -0.2) is 32.7 Å². The Hall–Kier alpha value is -0.630. The van der Waals surface area contributed by atoms with Crippen LogP contribution in [0.3, 0.4) is 0 Å². The normalized spacial score (nSPS) is 20.3. The molecule has 1 fully saturated rings. The highest BCUT2D eigenvalue weighted by Gasteiger charge is 2.14. The van der Waals surface area contributed by atoms with E-state index in [1.807, 2.05) is 6.07 Å². The Morgan fingerprint density at radius 1 is 1.27 bits per heavy atom. The van der Waals surface area contributed by atoms with Crippen molar-refractivity contribution >= 4 is 0 Å². The van der Waals surface area contributed by atoms with Gasteiger partial charge in [-0.25, -0.2) is 0 Å². The van der Waals surface area contributed by atoms with Crippen molar-refractivity contribution in [1.29, 1.82) is 5.26 Å². The van der Waals surface area contributed by atoms with E-state index in [2.05, 4.69) is 0 Å². The van der Waals surface area contributed by atoms with Gasteiger partial charge in [-0.2, -0.15) is 5.26 Å². The van der Waals surface area contributed by atoms with Crippen LogP contribution in [0.4, 0.5) is 0 Å². The maximum absolute atomic E-state index is 8.22. The molecule has 1 aliphatic heterocycles. The molecule has 0 radical (unpaired) electrons. The second-order valence-corrected chi connectivity index (χ2v) is 3.58. The number of rotatable bonds is 8. The molecule has 0 aromatic rings. The smallest absolute Gasteiger partial charge is 0.157 e. The molecule has 0 N–H and O–H groups in total. The van der Waals surface area contributed by atoms with Crippen LogP contribution in [0, 0.1) is 11.3 Å². The summed E-state index contributed by atoms with van der Waals surface area (Å²) in [6.07, 6.45) is 5.31. The maximum Gasteiger partial charge on any atom is 0.157 e. The standard InChI is InChI=1S/C11H19NO3/c12-6-10-13-7-2-1-3-8-14-11-5-4-9-15-11/h11H,1-5,7-10H2. The largest absolute Gasteiger partial charge is 0.367 e. The fraction of sp³-hybridized carbons (Fsp3) is 0.909. The van der Waals surface area contributed by atoms with E-state index < -0.39 is 0 Å². The fourth-order valence-corrected chi connectivity index (χ4v) is 1.50. The van der Waals surface area contributed by atoms with Crippen molar-refractivity contribution in [3.8, 4) is 6.07 Å². The molecule has 86 valence electrons. The summed E-state index contributed by atoms with van der Waals surface area (Å²) in [6, 6.07) is 1.94. The monoisotopic (exact) mass is 213 g/mol. The van der Waals surface area contributed by atoms with Crippen LogP contribution in [0.25, 0.3) is 0 Å². The van der Waals surface area contributed by atoms with Gasteiger partial charge >= 0.3 is 0 Å². The minimum Gasteiger partial charge on any atom is -0.367 e. The molecule has 0 aromatic carbocycles. The molecule has 1 rings (SSSR count). The van der Waals surface area contributed by atoms with Crippen molar-refractivity contribution < 1.29 is 14.2 Å². The second kappa shape index (κ2) is 8.66. The zero-order valence-electron chi connectivity index (χ0n) is 9.11. The summed E-state index contributed by atoms with van der Waals surface area (Å²) >= 11 is 0. The third-order valence-electron chi connectivity index (χ3n) is 2.29. The van der Waals surface area contributed by atoms with Gasteiger partial charge in [0, 0.05) is 26.2 Å². The van der Waals surface area contributed by atoms with Crippen LogP contribution < -0.4 is 0 Å². The molecule has 0 spiro atoms. The van der Waals surface area contributed by atoms with Gasteiger partial charge in [-0.3, -0.25) is 0 Å². The average Bonchev–Trinajstić information content (AvgIpc) is 2.75. The minimum atomic E-state index is 0.0415. The number of nitrogens with zero attached hydrogens (tertiary/aromatic N) is 1. The fourth-order valence-electron chi connectivity index (χ4n) is 1.50. The first-order chi connectivity index (χ1) is 7.43. The van der Waals surface area contributed by atoms with E-state index in [1.165, 1.54) is 0 Å². The summed E-state index contributed by atoms with van der Waals surface area (Å²) in [5, 5.41) is 8.22. The predicted octanol–water partition coefficient (Wildman–Crippen LogP) is 1.85. The van der Waals surface area contributed by atoms with E-state index in [0.717, 1.165) is 45.3 Å². The van der Waals surface area contributed by atoms with Gasteiger partial charge < -0.3 is 14.2 Å². The summed E-state index contributed by atoms with van der Waals surface area (Å²) < 4.78 is 15.9. The molecule has 0 aromatic heterocycles. The van der Waals surface area contributed by atoms with Gasteiger partial charge in [0.15, 0.2) is 6.29 Å². The van der Waals surface area contributed by atoms with E-state index in [1.54, 1.807) is 0 Å². The molecule has 0 aliphatic carbocycles. The van der Waals surface area contributed by atoms with E-state index in [-0.39, 0.29) is 12.9 Å². The molecule has 15 heavy (non-hydrogen) atoms. The van der Waals surface area contributed by atoms with E-state index in [4.69, 9.17) is 19.5 Å². The predicted molar refractivity (Wildman–Crippen MR) is 55.2 cm³/mol. The van der Waals surface area contributed by atoms with Gasteiger partial charge in [0.25, 0.3) is 0 Å². The van der Waals surface area contributed by atoms with E-state index >= 15 is 0 Å². The van der Waals surface area contributed by atoms with Crippen molar-refractivity contribution in [1.82, 2.24) is 0 Å². The number of hydrogen-bond donors (Lipinski definition) is 0. The Bertz CT molecular complexity index is 185. The summed E-state index contributed by atoms with van der Waals surface area (Å²) in [6.45, 7) is 2.48. The molecular formula is C11H19NO3. The lowest BCUT2D eigenvalue weighted by Gasteiger charge is -2.10. The van der Waals surface area contributed by atoms with Crippen molar-refractivity contribution in [2.75, 3.05) is 26.4 Å². The molecule has 1 unspecified atom stereocenters. The van der Waals surface area contributed by atoms with Crippen molar-refractivity contribution in [3.63, 3.8) is 0 Å². The molecule has 0 bridgehead atoms. The van der Waals surface area contributed by atoms with Crippen LogP contribution in [0.15, 0.2) is 0 Å². The molecule has 0 amide bonds. The maximum atomic E-state index is 8.22. The topological polar surface area (TPSA) is 51.5 Å². The van der Waals surface area contributed by atoms with Gasteiger partial charge in [0.05, 0.1) is 6.07 Å². The third kappa shape index (κ3) is 6.45. The van der Waals surface area contributed by atoms with E-state index in [9.17, 15) is 0 Å². The molecular weight excluding hydrogens is 194 g/mol. The first-order valence-corrected chi connectivity index (χ1v) is 5.61.